The van der Waals surface area contributed by atoms with E-state index < -0.39 is 0 Å². The van der Waals surface area contributed by atoms with E-state index in [1.54, 1.807) is 0 Å². The fourth-order valence-corrected chi connectivity index (χ4v) is 2.60. The number of hydrogen-bond donors (Lipinski definition) is 0. The van der Waals surface area contributed by atoms with Crippen molar-refractivity contribution in [2.24, 2.45) is 0 Å². The van der Waals surface area contributed by atoms with E-state index >= 15 is 0 Å². The largest absolute Gasteiger partial charge is 1.00 e. The van der Waals surface area contributed by atoms with Gasteiger partial charge in [-0.3, -0.25) is 0 Å². The Kier molecular flexibility index (Phi) is 3.53. The summed E-state index contributed by atoms with van der Waals surface area (Å²) < 4.78 is 0. The van der Waals surface area contributed by atoms with Crippen LogP contribution in [-0.4, -0.2) is 0 Å². The molecular weight excluding hydrogens is 211 g/mol. The van der Waals surface area contributed by atoms with Crippen molar-refractivity contribution >= 4 is 21.5 Å². The van der Waals surface area contributed by atoms with Crippen LogP contribution in [0.15, 0.2) is 42.5 Å². The van der Waals surface area contributed by atoms with E-state index in [-0.39, 0.29) is 20.3 Å². The van der Waals surface area contributed by atoms with E-state index in [0.29, 0.717) is 0 Å². The van der Waals surface area contributed by atoms with Gasteiger partial charge in [0.1, 0.15) is 0 Å². The first-order valence-electron chi connectivity index (χ1n) is 6.07. The predicted molar refractivity (Wildman–Crippen MR) is 76.8 cm³/mol. The van der Waals surface area contributed by atoms with Crippen LogP contribution in [0.5, 0.6) is 0 Å². The molecule has 0 radical (unpaired) electrons. The molecule has 0 saturated heterocycles. The summed E-state index contributed by atoms with van der Waals surface area (Å²) >= 11 is 0. The van der Waals surface area contributed by atoms with Gasteiger partial charge in [-0.1, -0.05) is 42.5 Å². The molecular formula is C17H17Li. The van der Waals surface area contributed by atoms with Crippen molar-refractivity contribution in [3.63, 3.8) is 0 Å². The van der Waals surface area contributed by atoms with Crippen molar-refractivity contribution in [3.05, 3.63) is 59.2 Å². The second-order valence-electron chi connectivity index (χ2n) is 4.83. The van der Waals surface area contributed by atoms with E-state index in [1.165, 1.54) is 38.2 Å². The van der Waals surface area contributed by atoms with Crippen LogP contribution in [0.1, 0.15) is 18.1 Å². The molecule has 3 aromatic rings. The zero-order valence-electron chi connectivity index (χ0n) is 12.5. The number of benzene rings is 3. The van der Waals surface area contributed by atoms with E-state index in [1.807, 2.05) is 0 Å². The number of rotatable bonds is 0. The molecule has 3 rings (SSSR count). The van der Waals surface area contributed by atoms with Crippen LogP contribution < -0.4 is 18.9 Å². The topological polar surface area (TPSA) is 0 Å². The van der Waals surface area contributed by atoms with Gasteiger partial charge < -0.3 is 1.43 Å². The Morgan fingerprint density at radius 1 is 0.722 bits per heavy atom. The van der Waals surface area contributed by atoms with Gasteiger partial charge in [0.05, 0.1) is 0 Å². The average Bonchev–Trinajstić information content (AvgIpc) is 2.36. The minimum atomic E-state index is 0. The number of hydrogen-bond acceptors (Lipinski definition) is 0. The summed E-state index contributed by atoms with van der Waals surface area (Å²) in [6.07, 6.45) is 0. The molecule has 0 aromatic heterocycles. The molecule has 0 heterocycles. The maximum atomic E-state index is 2.32. The Bertz CT molecular complexity index is 732. The summed E-state index contributed by atoms with van der Waals surface area (Å²) in [4.78, 5) is 0. The molecule has 0 unspecified atom stereocenters. The van der Waals surface area contributed by atoms with Gasteiger partial charge in [-0.15, -0.1) is 0 Å². The maximum Gasteiger partial charge on any atom is 1.00 e. The van der Waals surface area contributed by atoms with Gasteiger partial charge >= 0.3 is 18.9 Å². The average molecular weight is 228 g/mol. The van der Waals surface area contributed by atoms with Crippen LogP contribution in [0.3, 0.4) is 0 Å². The standard InChI is InChI=1S/C17H16.Li.H/c1-11-10-17-15(13(3)12(11)2)9-8-14-6-4-5-7-16(14)17;;/h4-10H,1-3H3;;/q;+1;-1. The van der Waals surface area contributed by atoms with Gasteiger partial charge in [0.15, 0.2) is 0 Å². The number of aryl methyl sites for hydroxylation is 2. The first-order valence-corrected chi connectivity index (χ1v) is 6.07. The van der Waals surface area contributed by atoms with Gasteiger partial charge in [-0.05, 0) is 59.0 Å². The predicted octanol–water partition coefficient (Wildman–Crippen LogP) is 2.03. The van der Waals surface area contributed by atoms with Gasteiger partial charge in [0.2, 0.25) is 0 Å². The Morgan fingerprint density at radius 2 is 1.44 bits per heavy atom. The summed E-state index contributed by atoms with van der Waals surface area (Å²) in [7, 11) is 0. The van der Waals surface area contributed by atoms with Crippen LogP contribution in [0.25, 0.3) is 21.5 Å². The van der Waals surface area contributed by atoms with Crippen molar-refractivity contribution in [2.45, 2.75) is 20.8 Å². The molecule has 0 aliphatic heterocycles. The van der Waals surface area contributed by atoms with Crippen LogP contribution in [0, 0.1) is 20.8 Å². The summed E-state index contributed by atoms with van der Waals surface area (Å²) in [5.41, 5.74) is 4.20. The van der Waals surface area contributed by atoms with Gasteiger partial charge in [-0.25, -0.2) is 0 Å². The molecule has 0 nitrogen and oxygen atoms in total. The van der Waals surface area contributed by atoms with E-state index in [4.69, 9.17) is 0 Å². The van der Waals surface area contributed by atoms with Crippen LogP contribution >= 0.6 is 0 Å². The monoisotopic (exact) mass is 228 g/mol. The third kappa shape index (κ3) is 1.87. The molecule has 86 valence electrons. The summed E-state index contributed by atoms with van der Waals surface area (Å²) in [6, 6.07) is 15.4. The quantitative estimate of drug-likeness (QED) is 0.408. The van der Waals surface area contributed by atoms with Crippen LogP contribution in [-0.2, 0) is 0 Å². The van der Waals surface area contributed by atoms with Crippen molar-refractivity contribution in [1.82, 2.24) is 0 Å². The molecule has 0 saturated carbocycles. The van der Waals surface area contributed by atoms with Crippen molar-refractivity contribution in [3.8, 4) is 0 Å². The molecule has 0 bridgehead atoms. The van der Waals surface area contributed by atoms with E-state index in [0.717, 1.165) is 0 Å². The van der Waals surface area contributed by atoms with Gasteiger partial charge in [0, 0.05) is 0 Å². The van der Waals surface area contributed by atoms with Crippen LogP contribution in [0.2, 0.25) is 0 Å². The zero-order chi connectivity index (χ0) is 12.0. The summed E-state index contributed by atoms with van der Waals surface area (Å²) in [6.45, 7) is 6.63. The molecule has 3 aromatic carbocycles. The maximum absolute atomic E-state index is 2.32. The second kappa shape index (κ2) is 4.81. The minimum absolute atomic E-state index is 0. The SMILES string of the molecule is Cc1cc2c(ccc3ccccc32)c(C)c1C.[H-].[Li+]. The van der Waals surface area contributed by atoms with Gasteiger partial charge in [0.25, 0.3) is 0 Å². The second-order valence-corrected chi connectivity index (χ2v) is 4.83. The zero-order valence-corrected chi connectivity index (χ0v) is 11.5. The fourth-order valence-electron chi connectivity index (χ4n) is 2.60. The Labute approximate surface area is 122 Å². The van der Waals surface area contributed by atoms with Crippen molar-refractivity contribution in [2.75, 3.05) is 0 Å². The number of fused-ring (bicyclic) bond motifs is 3. The molecule has 0 aliphatic rings. The van der Waals surface area contributed by atoms with Crippen molar-refractivity contribution in [1.29, 1.82) is 0 Å². The third-order valence-corrected chi connectivity index (χ3v) is 3.89. The molecule has 0 atom stereocenters. The molecule has 0 amide bonds. The normalized spacial score (nSPS) is 10.6. The first-order chi connectivity index (χ1) is 8.18. The Morgan fingerprint density at radius 3 is 2.22 bits per heavy atom. The van der Waals surface area contributed by atoms with Gasteiger partial charge in [-0.2, -0.15) is 0 Å². The molecule has 0 spiro atoms. The Balaban J connectivity index is 0.000000902. The summed E-state index contributed by atoms with van der Waals surface area (Å²) in [5, 5.41) is 5.44. The van der Waals surface area contributed by atoms with E-state index in [9.17, 15) is 0 Å². The molecule has 1 heteroatoms. The minimum Gasteiger partial charge on any atom is -1.00 e. The van der Waals surface area contributed by atoms with E-state index in [2.05, 4.69) is 63.2 Å². The molecule has 0 N–H and O–H groups in total. The Hall–Kier alpha value is -1.22. The third-order valence-electron chi connectivity index (χ3n) is 3.89. The summed E-state index contributed by atoms with van der Waals surface area (Å²) in [5.74, 6) is 0. The fraction of sp³-hybridized carbons (Fsp3) is 0.176. The van der Waals surface area contributed by atoms with Crippen LogP contribution in [0.4, 0.5) is 0 Å². The molecule has 0 aliphatic carbocycles. The first kappa shape index (κ1) is 13.2. The molecule has 0 fully saturated rings. The molecule has 18 heavy (non-hydrogen) atoms. The van der Waals surface area contributed by atoms with Crippen molar-refractivity contribution < 1.29 is 20.3 Å². The smallest absolute Gasteiger partial charge is 1.00 e.